The number of aliphatic hydroxyl groups is 1. The molecule has 0 fully saturated rings. The zero-order valence-corrected chi connectivity index (χ0v) is 10.2. The number of amides is 1. The highest BCUT2D eigenvalue weighted by molar-refractivity contribution is 6.18. The molecule has 0 aliphatic rings. The Bertz CT molecular complexity index is 356. The lowest BCUT2D eigenvalue weighted by Gasteiger charge is -2.10. The van der Waals surface area contributed by atoms with E-state index in [1.165, 1.54) is 7.11 Å². The maximum absolute atomic E-state index is 10.9. The molecule has 0 aromatic heterocycles. The summed E-state index contributed by atoms with van der Waals surface area (Å²) in [4.78, 5) is 10.9. The highest BCUT2D eigenvalue weighted by Gasteiger charge is 2.02. The third-order valence-corrected chi connectivity index (χ3v) is 2.39. The van der Waals surface area contributed by atoms with Crippen molar-refractivity contribution in [3.63, 3.8) is 0 Å². The Morgan fingerprint density at radius 3 is 2.53 bits per heavy atom. The number of hydrogen-bond acceptors (Lipinski definition) is 4. The van der Waals surface area contributed by atoms with Crippen molar-refractivity contribution >= 4 is 29.1 Å². The third-order valence-electron chi connectivity index (χ3n) is 2.04. The summed E-state index contributed by atoms with van der Waals surface area (Å²) in [7, 11) is 1.30. The van der Waals surface area contributed by atoms with Gasteiger partial charge < -0.3 is 15.2 Å². The first-order valence-corrected chi connectivity index (χ1v) is 5.62. The van der Waals surface area contributed by atoms with E-state index in [1.807, 2.05) is 0 Å². The van der Waals surface area contributed by atoms with Crippen molar-refractivity contribution in [2.45, 2.75) is 6.10 Å². The van der Waals surface area contributed by atoms with Gasteiger partial charge in [-0.25, -0.2) is 4.79 Å². The van der Waals surface area contributed by atoms with Crippen LogP contribution < -0.4 is 10.6 Å². The predicted molar refractivity (Wildman–Crippen MR) is 67.7 cm³/mol. The van der Waals surface area contributed by atoms with Gasteiger partial charge in [-0.05, 0) is 24.3 Å². The lowest BCUT2D eigenvalue weighted by atomic mass is 10.2. The molecule has 1 atom stereocenters. The summed E-state index contributed by atoms with van der Waals surface area (Å²) in [6.07, 6.45) is -1.09. The number of nitrogens with one attached hydrogen (secondary N) is 2. The molecule has 0 saturated heterocycles. The van der Waals surface area contributed by atoms with E-state index >= 15 is 0 Å². The van der Waals surface area contributed by atoms with Gasteiger partial charge >= 0.3 is 6.09 Å². The Morgan fingerprint density at radius 2 is 2.00 bits per heavy atom. The first kappa shape index (κ1) is 13.6. The molecule has 3 N–H and O–H groups in total. The maximum atomic E-state index is 10.9. The van der Waals surface area contributed by atoms with E-state index in [4.69, 9.17) is 11.6 Å². The average Bonchev–Trinajstić information content (AvgIpc) is 2.37. The number of aliphatic hydroxyl groups excluding tert-OH is 1. The van der Waals surface area contributed by atoms with Crippen LogP contribution in [0.4, 0.5) is 16.2 Å². The number of carbonyl (C=O) groups excluding carboxylic acids is 1. The van der Waals surface area contributed by atoms with Crippen LogP contribution >= 0.6 is 11.6 Å². The summed E-state index contributed by atoms with van der Waals surface area (Å²) in [5.74, 6) is 0.189. The number of halogens is 1. The minimum atomic E-state index is -0.579. The lowest BCUT2D eigenvalue weighted by Crippen LogP contribution is -2.20. The van der Waals surface area contributed by atoms with Crippen molar-refractivity contribution in [2.24, 2.45) is 0 Å². The van der Waals surface area contributed by atoms with Crippen molar-refractivity contribution in [1.29, 1.82) is 0 Å². The van der Waals surface area contributed by atoms with Crippen molar-refractivity contribution in [2.75, 3.05) is 30.2 Å². The fourth-order valence-corrected chi connectivity index (χ4v) is 1.24. The van der Waals surface area contributed by atoms with E-state index in [-0.39, 0.29) is 5.88 Å². The second-order valence-electron chi connectivity index (χ2n) is 3.38. The normalized spacial score (nSPS) is 11.7. The second kappa shape index (κ2) is 6.98. The highest BCUT2D eigenvalue weighted by Crippen LogP contribution is 2.13. The van der Waals surface area contributed by atoms with E-state index in [9.17, 15) is 9.90 Å². The summed E-state index contributed by atoms with van der Waals surface area (Å²) in [5.41, 5.74) is 1.48. The number of alkyl halides is 1. The topological polar surface area (TPSA) is 70.6 Å². The van der Waals surface area contributed by atoms with Gasteiger partial charge in [0.2, 0.25) is 0 Å². The van der Waals surface area contributed by atoms with E-state index < -0.39 is 12.2 Å². The standard InChI is InChI=1S/C11H15ClN2O3/c1-17-11(16)14-9-4-2-8(3-5-9)13-7-10(15)6-12/h2-5,10,13,15H,6-7H2,1H3,(H,14,16). The SMILES string of the molecule is COC(=O)Nc1ccc(NCC(O)CCl)cc1. The molecule has 94 valence electrons. The van der Waals surface area contributed by atoms with Crippen molar-refractivity contribution in [3.8, 4) is 0 Å². The van der Waals surface area contributed by atoms with Crippen LogP contribution in [-0.4, -0.2) is 36.8 Å². The molecule has 0 aliphatic heterocycles. The van der Waals surface area contributed by atoms with Gasteiger partial charge in [0.1, 0.15) is 0 Å². The quantitative estimate of drug-likeness (QED) is 0.706. The van der Waals surface area contributed by atoms with Gasteiger partial charge in [-0.1, -0.05) is 0 Å². The zero-order valence-electron chi connectivity index (χ0n) is 9.44. The van der Waals surface area contributed by atoms with Crippen LogP contribution in [0, 0.1) is 0 Å². The number of ether oxygens (including phenoxy) is 1. The van der Waals surface area contributed by atoms with E-state index in [2.05, 4.69) is 15.4 Å². The van der Waals surface area contributed by atoms with Gasteiger partial charge in [-0.15, -0.1) is 11.6 Å². The maximum Gasteiger partial charge on any atom is 0.411 e. The van der Waals surface area contributed by atoms with E-state index in [1.54, 1.807) is 24.3 Å². The molecule has 0 aliphatic carbocycles. The Morgan fingerprint density at radius 1 is 1.41 bits per heavy atom. The Balaban J connectivity index is 2.47. The molecule has 1 aromatic carbocycles. The number of methoxy groups -OCH3 is 1. The van der Waals surface area contributed by atoms with Crippen LogP contribution in [0.5, 0.6) is 0 Å². The Hall–Kier alpha value is -1.46. The van der Waals surface area contributed by atoms with Gasteiger partial charge in [-0.3, -0.25) is 5.32 Å². The molecule has 5 nitrogen and oxygen atoms in total. The Kier molecular flexibility index (Phi) is 5.59. The summed E-state index contributed by atoms with van der Waals surface area (Å²) in [6.45, 7) is 0.382. The largest absolute Gasteiger partial charge is 0.453 e. The second-order valence-corrected chi connectivity index (χ2v) is 3.69. The molecule has 1 amide bonds. The molecule has 1 aromatic rings. The van der Waals surface area contributed by atoms with Crippen LogP contribution in [0.25, 0.3) is 0 Å². The summed E-state index contributed by atoms with van der Waals surface area (Å²) < 4.78 is 4.46. The van der Waals surface area contributed by atoms with Crippen LogP contribution in [0.15, 0.2) is 24.3 Å². The number of benzene rings is 1. The number of anilines is 2. The van der Waals surface area contributed by atoms with Crippen LogP contribution in [0.2, 0.25) is 0 Å². The Labute approximate surface area is 105 Å². The summed E-state index contributed by atoms with van der Waals surface area (Å²) >= 11 is 5.47. The number of rotatable bonds is 5. The molecule has 0 bridgehead atoms. The fraction of sp³-hybridized carbons (Fsp3) is 0.364. The van der Waals surface area contributed by atoms with Crippen molar-refractivity contribution in [1.82, 2.24) is 0 Å². The van der Waals surface area contributed by atoms with E-state index in [0.29, 0.717) is 12.2 Å². The van der Waals surface area contributed by atoms with Gasteiger partial charge in [0.05, 0.1) is 19.1 Å². The minimum Gasteiger partial charge on any atom is -0.453 e. The molecule has 1 rings (SSSR count). The van der Waals surface area contributed by atoms with Crippen molar-refractivity contribution in [3.05, 3.63) is 24.3 Å². The smallest absolute Gasteiger partial charge is 0.411 e. The molecule has 0 radical (unpaired) electrons. The lowest BCUT2D eigenvalue weighted by molar-refractivity contribution is 0.187. The van der Waals surface area contributed by atoms with Crippen LogP contribution in [0.3, 0.4) is 0 Å². The molecule has 6 heteroatoms. The molecule has 17 heavy (non-hydrogen) atoms. The zero-order chi connectivity index (χ0) is 12.7. The third kappa shape index (κ3) is 4.93. The highest BCUT2D eigenvalue weighted by atomic mass is 35.5. The fourth-order valence-electron chi connectivity index (χ4n) is 1.13. The van der Waals surface area contributed by atoms with Gasteiger partial charge in [0.15, 0.2) is 0 Å². The van der Waals surface area contributed by atoms with E-state index in [0.717, 1.165) is 5.69 Å². The average molecular weight is 259 g/mol. The van der Waals surface area contributed by atoms with Gasteiger partial charge in [0, 0.05) is 17.9 Å². The molecule has 0 heterocycles. The summed E-state index contributed by atoms with van der Waals surface area (Å²) in [6, 6.07) is 7.02. The predicted octanol–water partition coefficient (Wildman–Crippen LogP) is 1.88. The molecule has 1 unspecified atom stereocenters. The van der Waals surface area contributed by atoms with Crippen molar-refractivity contribution < 1.29 is 14.6 Å². The summed E-state index contributed by atoms with van der Waals surface area (Å²) in [5, 5.41) is 14.8. The number of hydrogen-bond donors (Lipinski definition) is 3. The molecule has 0 spiro atoms. The molecular weight excluding hydrogens is 244 g/mol. The number of carbonyl (C=O) groups is 1. The monoisotopic (exact) mass is 258 g/mol. The van der Waals surface area contributed by atoms with Crippen LogP contribution in [0.1, 0.15) is 0 Å². The first-order valence-electron chi connectivity index (χ1n) is 5.08. The minimum absolute atomic E-state index is 0.189. The van der Waals surface area contributed by atoms with Gasteiger partial charge in [0.25, 0.3) is 0 Å². The molecular formula is C11H15ClN2O3. The first-order chi connectivity index (χ1) is 8.15. The molecule has 0 saturated carbocycles. The van der Waals surface area contributed by atoms with Crippen LogP contribution in [-0.2, 0) is 4.74 Å². The van der Waals surface area contributed by atoms with Gasteiger partial charge in [-0.2, -0.15) is 0 Å².